The van der Waals surface area contributed by atoms with E-state index in [1.807, 2.05) is 14.1 Å². The fourth-order valence-corrected chi connectivity index (χ4v) is 2.70. The normalized spacial score (nSPS) is 17.5. The zero-order chi connectivity index (χ0) is 14.0. The van der Waals surface area contributed by atoms with Gasteiger partial charge in [0.05, 0.1) is 6.42 Å². The summed E-state index contributed by atoms with van der Waals surface area (Å²) in [6.45, 7) is 4.52. The van der Waals surface area contributed by atoms with Crippen LogP contribution in [-0.2, 0) is 11.2 Å². The smallest absolute Gasteiger partial charge is 0.231 e. The highest BCUT2D eigenvalue weighted by molar-refractivity contribution is 6.00. The largest absolute Gasteiger partial charge is 0.315 e. The molecule has 2 unspecified atom stereocenters. The molecular formula is C16H24N2O. The molecule has 1 amide bonds. The molecular weight excluding hydrogens is 236 g/mol. The highest BCUT2D eigenvalue weighted by Crippen LogP contribution is 2.31. The molecule has 0 aromatic heterocycles. The molecule has 19 heavy (non-hydrogen) atoms. The second kappa shape index (κ2) is 5.74. The number of nitrogens with one attached hydrogen (secondary N) is 1. The number of rotatable bonds is 5. The number of carbonyl (C=O) groups excluding carboxylic acids is 1. The van der Waals surface area contributed by atoms with Gasteiger partial charge in [-0.05, 0) is 36.6 Å². The molecule has 104 valence electrons. The molecule has 1 aromatic carbocycles. The lowest BCUT2D eigenvalue weighted by Crippen LogP contribution is -2.20. The van der Waals surface area contributed by atoms with E-state index in [0.717, 1.165) is 17.7 Å². The van der Waals surface area contributed by atoms with Crippen LogP contribution in [0.2, 0.25) is 0 Å². The van der Waals surface area contributed by atoms with Crippen molar-refractivity contribution in [2.45, 2.75) is 39.2 Å². The summed E-state index contributed by atoms with van der Waals surface area (Å²) in [5, 5.41) is 3.40. The van der Waals surface area contributed by atoms with Crippen LogP contribution < -0.4 is 10.2 Å². The van der Waals surface area contributed by atoms with Crippen molar-refractivity contribution in [1.82, 2.24) is 5.32 Å². The molecule has 1 aromatic rings. The minimum Gasteiger partial charge on any atom is -0.315 e. The Labute approximate surface area is 116 Å². The summed E-state index contributed by atoms with van der Waals surface area (Å²) < 4.78 is 0. The van der Waals surface area contributed by atoms with Crippen LogP contribution in [0.5, 0.6) is 0 Å². The second-order valence-corrected chi connectivity index (χ2v) is 5.61. The van der Waals surface area contributed by atoms with Crippen molar-refractivity contribution in [3.63, 3.8) is 0 Å². The molecule has 3 heteroatoms. The van der Waals surface area contributed by atoms with Gasteiger partial charge in [-0.1, -0.05) is 32.4 Å². The maximum atomic E-state index is 11.7. The van der Waals surface area contributed by atoms with Crippen LogP contribution in [0.25, 0.3) is 0 Å². The summed E-state index contributed by atoms with van der Waals surface area (Å²) in [6, 6.07) is 6.80. The fraction of sp³-hybridized carbons (Fsp3) is 0.562. The zero-order valence-corrected chi connectivity index (χ0v) is 12.4. The van der Waals surface area contributed by atoms with Crippen molar-refractivity contribution < 1.29 is 4.79 Å². The molecule has 1 heterocycles. The van der Waals surface area contributed by atoms with Crippen LogP contribution in [0, 0.1) is 5.92 Å². The summed E-state index contributed by atoms with van der Waals surface area (Å²) in [4.78, 5) is 13.5. The lowest BCUT2D eigenvalue weighted by atomic mass is 9.93. The number of hydrogen-bond acceptors (Lipinski definition) is 2. The number of carbonyl (C=O) groups is 1. The predicted molar refractivity (Wildman–Crippen MR) is 79.4 cm³/mol. The van der Waals surface area contributed by atoms with E-state index in [-0.39, 0.29) is 5.91 Å². The molecule has 1 aliphatic rings. The third-order valence-corrected chi connectivity index (χ3v) is 4.27. The number of hydrogen-bond donors (Lipinski definition) is 1. The topological polar surface area (TPSA) is 32.3 Å². The average Bonchev–Trinajstić information content (AvgIpc) is 2.70. The first kappa shape index (κ1) is 14.1. The Hall–Kier alpha value is -1.35. The number of amides is 1. The summed E-state index contributed by atoms with van der Waals surface area (Å²) >= 11 is 0. The minimum absolute atomic E-state index is 0.190. The Morgan fingerprint density at radius 2 is 2.16 bits per heavy atom. The molecule has 0 saturated heterocycles. The predicted octanol–water partition coefficient (Wildman–Crippen LogP) is 2.90. The lowest BCUT2D eigenvalue weighted by Gasteiger charge is -2.21. The van der Waals surface area contributed by atoms with Gasteiger partial charge in [0, 0.05) is 18.8 Å². The zero-order valence-electron chi connectivity index (χ0n) is 12.4. The van der Waals surface area contributed by atoms with Gasteiger partial charge in [-0.25, -0.2) is 0 Å². The van der Waals surface area contributed by atoms with Crippen LogP contribution in [0.15, 0.2) is 18.2 Å². The SMILES string of the molecule is CCC(C)CC(NC)c1ccc2c(c1)CC(=O)N2C. The van der Waals surface area contributed by atoms with Gasteiger partial charge in [0.25, 0.3) is 0 Å². The highest BCUT2D eigenvalue weighted by Gasteiger charge is 2.25. The van der Waals surface area contributed by atoms with E-state index in [0.29, 0.717) is 18.4 Å². The van der Waals surface area contributed by atoms with Gasteiger partial charge in [0.2, 0.25) is 5.91 Å². The first-order valence-electron chi connectivity index (χ1n) is 7.13. The van der Waals surface area contributed by atoms with Gasteiger partial charge in [0.15, 0.2) is 0 Å². The number of nitrogens with zero attached hydrogens (tertiary/aromatic N) is 1. The van der Waals surface area contributed by atoms with Crippen molar-refractivity contribution in [2.75, 3.05) is 19.0 Å². The highest BCUT2D eigenvalue weighted by atomic mass is 16.2. The molecule has 3 nitrogen and oxygen atoms in total. The first-order valence-corrected chi connectivity index (χ1v) is 7.13. The molecule has 0 saturated carbocycles. The number of anilines is 1. The number of fused-ring (bicyclic) bond motifs is 1. The van der Waals surface area contributed by atoms with Crippen LogP contribution >= 0.6 is 0 Å². The summed E-state index contributed by atoms with van der Waals surface area (Å²) in [6.07, 6.45) is 2.87. The van der Waals surface area contributed by atoms with Gasteiger partial charge in [-0.2, -0.15) is 0 Å². The van der Waals surface area contributed by atoms with Crippen LogP contribution in [-0.4, -0.2) is 20.0 Å². The molecule has 2 atom stereocenters. The molecule has 1 aliphatic heterocycles. The molecule has 0 bridgehead atoms. The van der Waals surface area contributed by atoms with E-state index in [1.165, 1.54) is 12.0 Å². The first-order chi connectivity index (χ1) is 9.06. The molecule has 1 N–H and O–H groups in total. The molecule has 0 radical (unpaired) electrons. The van der Waals surface area contributed by atoms with Gasteiger partial charge in [-0.15, -0.1) is 0 Å². The Kier molecular flexibility index (Phi) is 4.25. The molecule has 0 fully saturated rings. The van der Waals surface area contributed by atoms with Gasteiger partial charge in [0.1, 0.15) is 0 Å². The standard InChI is InChI=1S/C16H24N2O/c1-5-11(2)8-14(17-3)12-6-7-15-13(9-12)10-16(19)18(15)4/h6-7,9,11,14,17H,5,8,10H2,1-4H3. The van der Waals surface area contributed by atoms with E-state index >= 15 is 0 Å². The average molecular weight is 260 g/mol. The summed E-state index contributed by atoms with van der Waals surface area (Å²) in [5.41, 5.74) is 3.52. The monoisotopic (exact) mass is 260 g/mol. The number of likely N-dealkylation sites (N-methyl/N-ethyl adjacent to an activating group) is 1. The Bertz CT molecular complexity index is 470. The summed E-state index contributed by atoms with van der Waals surface area (Å²) in [5.74, 6) is 0.894. The van der Waals surface area contributed by atoms with E-state index in [9.17, 15) is 4.79 Å². The Balaban J connectivity index is 2.22. The van der Waals surface area contributed by atoms with E-state index in [1.54, 1.807) is 4.90 Å². The third kappa shape index (κ3) is 2.81. The van der Waals surface area contributed by atoms with Gasteiger partial charge < -0.3 is 10.2 Å². The van der Waals surface area contributed by atoms with Gasteiger partial charge in [-0.3, -0.25) is 4.79 Å². The van der Waals surface area contributed by atoms with Crippen LogP contribution in [0.3, 0.4) is 0 Å². The van der Waals surface area contributed by atoms with Crippen molar-refractivity contribution in [2.24, 2.45) is 5.92 Å². The quantitative estimate of drug-likeness (QED) is 0.883. The molecule has 0 aliphatic carbocycles. The maximum Gasteiger partial charge on any atom is 0.231 e. The minimum atomic E-state index is 0.190. The van der Waals surface area contributed by atoms with Crippen molar-refractivity contribution in [1.29, 1.82) is 0 Å². The molecule has 0 spiro atoms. The second-order valence-electron chi connectivity index (χ2n) is 5.61. The maximum absolute atomic E-state index is 11.7. The lowest BCUT2D eigenvalue weighted by molar-refractivity contribution is -0.117. The molecule has 2 rings (SSSR count). The van der Waals surface area contributed by atoms with E-state index < -0.39 is 0 Å². The van der Waals surface area contributed by atoms with Crippen LogP contribution in [0.1, 0.15) is 43.9 Å². The van der Waals surface area contributed by atoms with Crippen molar-refractivity contribution >= 4 is 11.6 Å². The van der Waals surface area contributed by atoms with Gasteiger partial charge >= 0.3 is 0 Å². The van der Waals surface area contributed by atoms with E-state index in [4.69, 9.17) is 0 Å². The van der Waals surface area contributed by atoms with E-state index in [2.05, 4.69) is 37.4 Å². The summed E-state index contributed by atoms with van der Waals surface area (Å²) in [7, 11) is 3.86. The van der Waals surface area contributed by atoms with Crippen LogP contribution in [0.4, 0.5) is 5.69 Å². The third-order valence-electron chi connectivity index (χ3n) is 4.27. The fourth-order valence-electron chi connectivity index (χ4n) is 2.70. The Morgan fingerprint density at radius 3 is 2.79 bits per heavy atom. The van der Waals surface area contributed by atoms with Crippen molar-refractivity contribution in [3.05, 3.63) is 29.3 Å². The Morgan fingerprint density at radius 1 is 1.42 bits per heavy atom. The van der Waals surface area contributed by atoms with Crippen molar-refractivity contribution in [3.8, 4) is 0 Å². The number of benzene rings is 1.